The third-order valence-corrected chi connectivity index (χ3v) is 2.94. The van der Waals surface area contributed by atoms with Crippen molar-refractivity contribution in [2.24, 2.45) is 0 Å². The molecule has 0 aliphatic heterocycles. The van der Waals surface area contributed by atoms with Crippen LogP contribution in [-0.2, 0) is 6.42 Å². The monoisotopic (exact) mass is 274 g/mol. The van der Waals surface area contributed by atoms with Crippen LogP contribution in [0, 0.1) is 5.82 Å². The van der Waals surface area contributed by atoms with Crippen molar-refractivity contribution in [3.05, 3.63) is 59.4 Å². The molecule has 0 fully saturated rings. The minimum absolute atomic E-state index is 0.0804. The Hall–Kier alpha value is -2.56. The second-order valence-corrected chi connectivity index (χ2v) is 4.41. The topological polar surface area (TPSA) is 75.3 Å². The summed E-state index contributed by atoms with van der Waals surface area (Å²) >= 11 is 0. The predicted octanol–water partition coefficient (Wildman–Crippen LogP) is 2.76. The summed E-state index contributed by atoms with van der Waals surface area (Å²) in [4.78, 5) is 11.0. The Labute approximate surface area is 116 Å². The molecule has 0 aromatic heterocycles. The smallest absolute Gasteiger partial charge is 0.337 e. The molecule has 0 radical (unpaired) electrons. The van der Waals surface area contributed by atoms with Crippen LogP contribution in [0.15, 0.2) is 42.5 Å². The first kappa shape index (κ1) is 13.9. The van der Waals surface area contributed by atoms with E-state index >= 15 is 0 Å². The van der Waals surface area contributed by atoms with Crippen LogP contribution in [0.1, 0.15) is 15.9 Å². The molecule has 0 aliphatic carbocycles. The lowest BCUT2D eigenvalue weighted by molar-refractivity contribution is 0.0698. The average Bonchev–Trinajstić information content (AvgIpc) is 2.42. The maximum Gasteiger partial charge on any atom is 0.337 e. The molecule has 0 spiro atoms. The Morgan fingerprint density at radius 2 is 1.90 bits per heavy atom. The molecule has 0 heterocycles. The summed E-state index contributed by atoms with van der Waals surface area (Å²) in [6.45, 7) is 0.620. The van der Waals surface area contributed by atoms with E-state index in [0.29, 0.717) is 18.7 Å². The second kappa shape index (κ2) is 6.06. The second-order valence-electron chi connectivity index (χ2n) is 4.41. The predicted molar refractivity (Wildman–Crippen MR) is 76.4 cm³/mol. The summed E-state index contributed by atoms with van der Waals surface area (Å²) in [6.07, 6.45) is 0.715. The van der Waals surface area contributed by atoms with Gasteiger partial charge in [-0.3, -0.25) is 0 Å². The third kappa shape index (κ3) is 3.47. The quantitative estimate of drug-likeness (QED) is 0.733. The normalized spacial score (nSPS) is 10.2. The molecule has 0 saturated heterocycles. The number of hydrogen-bond acceptors (Lipinski definition) is 3. The minimum Gasteiger partial charge on any atom is -0.478 e. The molecule has 4 nitrogen and oxygen atoms in total. The van der Waals surface area contributed by atoms with Crippen molar-refractivity contribution >= 4 is 17.3 Å². The number of nitrogen functional groups attached to an aromatic ring is 1. The molecule has 2 aromatic rings. The lowest BCUT2D eigenvalue weighted by Gasteiger charge is -2.09. The van der Waals surface area contributed by atoms with Crippen molar-refractivity contribution in [1.82, 2.24) is 0 Å². The molecule has 0 saturated carbocycles. The molecule has 104 valence electrons. The number of aromatic carboxylic acids is 1. The Kier molecular flexibility index (Phi) is 4.20. The number of halogens is 1. The van der Waals surface area contributed by atoms with E-state index in [1.165, 1.54) is 18.2 Å². The van der Waals surface area contributed by atoms with Gasteiger partial charge in [-0.15, -0.1) is 0 Å². The molecule has 2 aromatic carbocycles. The van der Waals surface area contributed by atoms with E-state index in [1.807, 2.05) is 0 Å². The van der Waals surface area contributed by atoms with Crippen LogP contribution >= 0.6 is 0 Å². The van der Waals surface area contributed by atoms with Gasteiger partial charge in [-0.25, -0.2) is 9.18 Å². The average molecular weight is 274 g/mol. The Morgan fingerprint density at radius 1 is 1.20 bits per heavy atom. The molecule has 0 aliphatic rings. The number of carboxylic acids is 1. The maximum absolute atomic E-state index is 12.7. The zero-order valence-electron chi connectivity index (χ0n) is 10.8. The largest absolute Gasteiger partial charge is 0.478 e. The highest BCUT2D eigenvalue weighted by Crippen LogP contribution is 2.17. The fourth-order valence-corrected chi connectivity index (χ4v) is 1.85. The summed E-state index contributed by atoms with van der Waals surface area (Å²) in [7, 11) is 0. The first-order valence-corrected chi connectivity index (χ1v) is 6.17. The van der Waals surface area contributed by atoms with Gasteiger partial charge in [0.05, 0.1) is 5.56 Å². The van der Waals surface area contributed by atoms with E-state index in [1.54, 1.807) is 24.3 Å². The van der Waals surface area contributed by atoms with Crippen LogP contribution in [0.3, 0.4) is 0 Å². The lowest BCUT2D eigenvalue weighted by atomic mass is 10.1. The molecule has 4 N–H and O–H groups in total. The fourth-order valence-electron chi connectivity index (χ4n) is 1.85. The molecule has 0 atom stereocenters. The molecule has 5 heteroatoms. The number of hydrogen-bond donors (Lipinski definition) is 3. The number of rotatable bonds is 5. The van der Waals surface area contributed by atoms with E-state index in [0.717, 1.165) is 5.56 Å². The van der Waals surface area contributed by atoms with Gasteiger partial charge in [-0.05, 0) is 42.3 Å². The van der Waals surface area contributed by atoms with Crippen LogP contribution in [0.5, 0.6) is 0 Å². The number of nitrogens with one attached hydrogen (secondary N) is 1. The van der Waals surface area contributed by atoms with Crippen molar-refractivity contribution < 1.29 is 14.3 Å². The third-order valence-electron chi connectivity index (χ3n) is 2.94. The van der Waals surface area contributed by atoms with Crippen molar-refractivity contribution in [2.45, 2.75) is 6.42 Å². The highest BCUT2D eigenvalue weighted by Gasteiger charge is 2.08. The summed E-state index contributed by atoms with van der Waals surface area (Å²) in [5, 5.41) is 12.1. The lowest BCUT2D eigenvalue weighted by Crippen LogP contribution is -2.07. The molecular formula is C15H15FN2O2. The van der Waals surface area contributed by atoms with E-state index in [9.17, 15) is 9.18 Å². The van der Waals surface area contributed by atoms with Gasteiger partial charge in [0.1, 0.15) is 5.82 Å². The number of nitrogens with two attached hydrogens (primary N) is 1. The first-order valence-electron chi connectivity index (χ1n) is 6.17. The van der Waals surface area contributed by atoms with Crippen molar-refractivity contribution in [2.75, 3.05) is 17.6 Å². The molecule has 20 heavy (non-hydrogen) atoms. The molecule has 2 rings (SSSR count). The zero-order chi connectivity index (χ0) is 14.5. The highest BCUT2D eigenvalue weighted by atomic mass is 19.1. The summed E-state index contributed by atoms with van der Waals surface area (Å²) in [5.41, 5.74) is 7.60. The van der Waals surface area contributed by atoms with Crippen molar-refractivity contribution in [3.8, 4) is 0 Å². The van der Waals surface area contributed by atoms with Crippen LogP contribution in [0.2, 0.25) is 0 Å². The minimum atomic E-state index is -1.05. The SMILES string of the molecule is Nc1ccc(NCCc2ccc(F)cc2)cc1C(=O)O. The van der Waals surface area contributed by atoms with E-state index in [-0.39, 0.29) is 17.1 Å². The van der Waals surface area contributed by atoms with Gasteiger partial charge in [0.2, 0.25) is 0 Å². The summed E-state index contributed by atoms with van der Waals surface area (Å²) in [5.74, 6) is -1.31. The number of carbonyl (C=O) groups is 1. The van der Waals surface area contributed by atoms with Gasteiger partial charge in [0.25, 0.3) is 0 Å². The van der Waals surface area contributed by atoms with Gasteiger partial charge >= 0.3 is 5.97 Å². The molecule has 0 amide bonds. The number of carboxylic acid groups (broad SMARTS) is 1. The number of anilines is 2. The number of benzene rings is 2. The van der Waals surface area contributed by atoms with Crippen LogP contribution < -0.4 is 11.1 Å². The van der Waals surface area contributed by atoms with Crippen LogP contribution in [0.4, 0.5) is 15.8 Å². The first-order chi connectivity index (χ1) is 9.56. The Morgan fingerprint density at radius 3 is 2.55 bits per heavy atom. The van der Waals surface area contributed by atoms with Gasteiger partial charge < -0.3 is 16.2 Å². The maximum atomic E-state index is 12.7. The van der Waals surface area contributed by atoms with Gasteiger partial charge in [-0.1, -0.05) is 12.1 Å². The fraction of sp³-hybridized carbons (Fsp3) is 0.133. The van der Waals surface area contributed by atoms with Crippen molar-refractivity contribution in [1.29, 1.82) is 0 Å². The molecule has 0 unspecified atom stereocenters. The van der Waals surface area contributed by atoms with E-state index in [4.69, 9.17) is 10.8 Å². The van der Waals surface area contributed by atoms with Gasteiger partial charge in [-0.2, -0.15) is 0 Å². The van der Waals surface area contributed by atoms with Crippen LogP contribution in [-0.4, -0.2) is 17.6 Å². The van der Waals surface area contributed by atoms with Gasteiger partial charge in [0, 0.05) is 17.9 Å². The Bertz CT molecular complexity index is 612. The zero-order valence-corrected chi connectivity index (χ0v) is 10.8. The van der Waals surface area contributed by atoms with Crippen molar-refractivity contribution in [3.63, 3.8) is 0 Å². The van der Waals surface area contributed by atoms with Gasteiger partial charge in [0.15, 0.2) is 0 Å². The van der Waals surface area contributed by atoms with E-state index < -0.39 is 5.97 Å². The highest BCUT2D eigenvalue weighted by molar-refractivity contribution is 5.94. The Balaban J connectivity index is 1.96. The van der Waals surface area contributed by atoms with Crippen LogP contribution in [0.25, 0.3) is 0 Å². The van der Waals surface area contributed by atoms with E-state index in [2.05, 4.69) is 5.32 Å². The molecular weight excluding hydrogens is 259 g/mol. The molecule has 0 bridgehead atoms. The standard InChI is InChI=1S/C15H15FN2O2/c16-11-3-1-10(2-4-11)7-8-18-12-5-6-14(17)13(9-12)15(19)20/h1-6,9,18H,7-8,17H2,(H,19,20). The summed E-state index contributed by atoms with van der Waals surface area (Å²) < 4.78 is 12.7. The summed E-state index contributed by atoms with van der Waals surface area (Å²) in [6, 6.07) is 11.1.